The molecule has 0 radical (unpaired) electrons. The van der Waals surface area contributed by atoms with Crippen LogP contribution in [0.3, 0.4) is 0 Å². The number of anilines is 1. The molecular formula is C12H17N5OS. The van der Waals surface area contributed by atoms with Gasteiger partial charge < -0.3 is 4.74 Å². The van der Waals surface area contributed by atoms with Gasteiger partial charge in [0.2, 0.25) is 5.13 Å². The minimum atomic E-state index is -0.0848. The van der Waals surface area contributed by atoms with Gasteiger partial charge in [0.25, 0.3) is 6.02 Å². The molecule has 1 aromatic rings. The molecule has 4 aliphatic rings. The Balaban J connectivity index is 1.47. The molecule has 4 aliphatic heterocycles. The van der Waals surface area contributed by atoms with Crippen molar-refractivity contribution >= 4 is 22.7 Å². The van der Waals surface area contributed by atoms with Gasteiger partial charge in [-0.1, -0.05) is 0 Å². The van der Waals surface area contributed by atoms with E-state index in [4.69, 9.17) is 4.74 Å². The van der Waals surface area contributed by atoms with Crippen molar-refractivity contribution < 1.29 is 4.74 Å². The van der Waals surface area contributed by atoms with Crippen molar-refractivity contribution in [2.45, 2.75) is 25.4 Å². The molecule has 6 nitrogen and oxygen atoms in total. The first kappa shape index (κ1) is 11.6. The number of hydrogen-bond acceptors (Lipinski definition) is 7. The van der Waals surface area contributed by atoms with E-state index < -0.39 is 0 Å². The van der Waals surface area contributed by atoms with E-state index in [1.807, 2.05) is 6.92 Å². The van der Waals surface area contributed by atoms with Gasteiger partial charge in [-0.25, -0.2) is 9.98 Å². The van der Waals surface area contributed by atoms with Crippen molar-refractivity contribution in [3.05, 3.63) is 5.82 Å². The first-order chi connectivity index (χ1) is 9.23. The summed E-state index contributed by atoms with van der Waals surface area (Å²) in [5, 5.41) is 3.91. The Labute approximate surface area is 116 Å². The van der Waals surface area contributed by atoms with Crippen LogP contribution in [0.5, 0.6) is 0 Å². The molecule has 1 spiro atoms. The monoisotopic (exact) mass is 279 g/mol. The van der Waals surface area contributed by atoms with E-state index in [1.54, 1.807) is 0 Å². The van der Waals surface area contributed by atoms with E-state index in [2.05, 4.69) is 24.6 Å². The van der Waals surface area contributed by atoms with Crippen LogP contribution in [0.4, 0.5) is 5.13 Å². The van der Waals surface area contributed by atoms with Crippen molar-refractivity contribution in [3.63, 3.8) is 0 Å². The van der Waals surface area contributed by atoms with Gasteiger partial charge in [0.15, 0.2) is 0 Å². The molecule has 0 aromatic carbocycles. The standard InChI is InChI=1S/C12H17N5OS/c1-8-14-11(19-16-8)15-10-13-6-12(18-10)7-17-4-2-9(12)3-5-17/h9H,2-7H2,1H3,(H,13,14,15,16). The van der Waals surface area contributed by atoms with Crippen LogP contribution in [0.15, 0.2) is 4.99 Å². The average Bonchev–Trinajstić information content (AvgIpc) is 2.99. The van der Waals surface area contributed by atoms with Crippen molar-refractivity contribution in [2.75, 3.05) is 31.5 Å². The maximum absolute atomic E-state index is 6.17. The second kappa shape index (κ2) is 4.14. The van der Waals surface area contributed by atoms with Gasteiger partial charge in [0, 0.05) is 24.0 Å². The topological polar surface area (TPSA) is 62.6 Å². The van der Waals surface area contributed by atoms with Crippen LogP contribution >= 0.6 is 11.5 Å². The van der Waals surface area contributed by atoms with E-state index in [9.17, 15) is 0 Å². The maximum Gasteiger partial charge on any atom is 0.291 e. The zero-order valence-corrected chi connectivity index (χ0v) is 11.7. The number of piperidine rings is 3. The summed E-state index contributed by atoms with van der Waals surface area (Å²) < 4.78 is 10.3. The lowest BCUT2D eigenvalue weighted by molar-refractivity contribution is -0.0829. The van der Waals surface area contributed by atoms with Gasteiger partial charge in [-0.05, 0) is 32.9 Å². The number of aromatic nitrogens is 2. The quantitative estimate of drug-likeness (QED) is 0.834. The lowest BCUT2D eigenvalue weighted by Crippen LogP contribution is -2.61. The Morgan fingerprint density at radius 3 is 2.89 bits per heavy atom. The second-order valence-electron chi connectivity index (χ2n) is 5.61. The number of amidine groups is 1. The third kappa shape index (κ3) is 1.92. The van der Waals surface area contributed by atoms with Crippen LogP contribution < -0.4 is 5.32 Å². The van der Waals surface area contributed by atoms with E-state index in [0.717, 1.165) is 24.0 Å². The Kier molecular flexibility index (Phi) is 2.53. The highest BCUT2D eigenvalue weighted by Gasteiger charge is 2.51. The van der Waals surface area contributed by atoms with Gasteiger partial charge >= 0.3 is 0 Å². The highest BCUT2D eigenvalue weighted by molar-refractivity contribution is 7.09. The molecule has 1 aromatic heterocycles. The first-order valence-electron chi connectivity index (χ1n) is 6.77. The molecule has 19 heavy (non-hydrogen) atoms. The number of aryl methyl sites for hydroxylation is 1. The van der Waals surface area contributed by atoms with Crippen LogP contribution in [0.25, 0.3) is 0 Å². The number of fused-ring (bicyclic) bond motifs is 2. The molecule has 0 saturated carbocycles. The molecule has 3 fully saturated rings. The fourth-order valence-electron chi connectivity index (χ4n) is 3.39. The Morgan fingerprint density at radius 1 is 1.42 bits per heavy atom. The van der Waals surface area contributed by atoms with Crippen LogP contribution in [0.2, 0.25) is 0 Å². The summed E-state index contributed by atoms with van der Waals surface area (Å²) in [6, 6.07) is 0.616. The van der Waals surface area contributed by atoms with Crippen molar-refractivity contribution in [3.8, 4) is 0 Å². The highest BCUT2D eigenvalue weighted by Crippen LogP contribution is 2.40. The van der Waals surface area contributed by atoms with Crippen molar-refractivity contribution in [1.29, 1.82) is 0 Å². The van der Waals surface area contributed by atoms with E-state index >= 15 is 0 Å². The molecule has 5 heterocycles. The Bertz CT molecular complexity index is 522. The van der Waals surface area contributed by atoms with Crippen molar-refractivity contribution in [2.24, 2.45) is 10.9 Å². The van der Waals surface area contributed by atoms with E-state index in [-0.39, 0.29) is 5.60 Å². The molecule has 1 atom stereocenters. The zero-order chi connectivity index (χ0) is 12.9. The van der Waals surface area contributed by atoms with Gasteiger partial charge in [-0.15, -0.1) is 0 Å². The fourth-order valence-corrected chi connectivity index (χ4v) is 3.95. The zero-order valence-electron chi connectivity index (χ0n) is 10.9. The van der Waals surface area contributed by atoms with Gasteiger partial charge in [-0.2, -0.15) is 4.37 Å². The van der Waals surface area contributed by atoms with E-state index in [0.29, 0.717) is 11.9 Å². The molecular weight excluding hydrogens is 262 g/mol. The molecule has 5 rings (SSSR count). The third-order valence-electron chi connectivity index (χ3n) is 4.35. The lowest BCUT2D eigenvalue weighted by atomic mass is 9.75. The molecule has 1 N–H and O–H groups in total. The van der Waals surface area contributed by atoms with Gasteiger partial charge in [-0.3, -0.25) is 10.2 Å². The van der Waals surface area contributed by atoms with Crippen LogP contribution in [0, 0.1) is 12.8 Å². The van der Waals surface area contributed by atoms with Crippen molar-refractivity contribution in [1.82, 2.24) is 14.3 Å². The predicted molar refractivity (Wildman–Crippen MR) is 73.6 cm³/mol. The minimum absolute atomic E-state index is 0.0848. The fraction of sp³-hybridized carbons (Fsp3) is 0.750. The first-order valence-corrected chi connectivity index (χ1v) is 7.54. The minimum Gasteiger partial charge on any atom is -0.455 e. The largest absolute Gasteiger partial charge is 0.455 e. The van der Waals surface area contributed by atoms with E-state index in [1.165, 1.54) is 37.5 Å². The number of aliphatic imine (C=N–C) groups is 1. The average molecular weight is 279 g/mol. The predicted octanol–water partition coefficient (Wildman–Crippen LogP) is 1.11. The molecule has 2 bridgehead atoms. The summed E-state index contributed by atoms with van der Waals surface area (Å²) in [6.45, 7) is 6.10. The maximum atomic E-state index is 6.17. The Hall–Kier alpha value is -1.21. The summed E-state index contributed by atoms with van der Waals surface area (Å²) >= 11 is 1.34. The van der Waals surface area contributed by atoms with Gasteiger partial charge in [0.05, 0.1) is 6.54 Å². The summed E-state index contributed by atoms with van der Waals surface area (Å²) in [5.41, 5.74) is -0.0848. The highest BCUT2D eigenvalue weighted by atomic mass is 32.1. The molecule has 7 heteroatoms. The smallest absolute Gasteiger partial charge is 0.291 e. The second-order valence-corrected chi connectivity index (χ2v) is 6.36. The molecule has 3 saturated heterocycles. The molecule has 102 valence electrons. The SMILES string of the molecule is Cc1nsc(NC2=NCC3(CN4CCC3CC4)O2)n1. The number of ether oxygens (including phenoxy) is 1. The molecule has 1 unspecified atom stereocenters. The molecule has 0 amide bonds. The lowest BCUT2D eigenvalue weighted by Gasteiger charge is -2.50. The summed E-state index contributed by atoms with van der Waals surface area (Å²) in [7, 11) is 0. The van der Waals surface area contributed by atoms with Crippen LogP contribution in [0.1, 0.15) is 18.7 Å². The van der Waals surface area contributed by atoms with Gasteiger partial charge in [0.1, 0.15) is 11.4 Å². The number of rotatable bonds is 1. The Morgan fingerprint density at radius 2 is 2.26 bits per heavy atom. The number of nitrogens with one attached hydrogen (secondary N) is 1. The molecule has 0 aliphatic carbocycles. The third-order valence-corrected chi connectivity index (χ3v) is 5.08. The number of nitrogens with zero attached hydrogens (tertiary/aromatic N) is 4. The van der Waals surface area contributed by atoms with Crippen LogP contribution in [-0.2, 0) is 4.74 Å². The summed E-state index contributed by atoms with van der Waals surface area (Å²) in [6.07, 6.45) is 2.47. The number of hydrogen-bond donors (Lipinski definition) is 1. The summed E-state index contributed by atoms with van der Waals surface area (Å²) in [5.74, 6) is 1.43. The van der Waals surface area contributed by atoms with Crippen LogP contribution in [-0.4, -0.2) is 52.1 Å². The summed E-state index contributed by atoms with van der Waals surface area (Å²) in [4.78, 5) is 11.3. The normalized spacial score (nSPS) is 36.4.